The molecule has 2 heterocycles. The van der Waals surface area contributed by atoms with Crippen LogP contribution in [-0.2, 0) is 6.54 Å². The Morgan fingerprint density at radius 1 is 1.41 bits per heavy atom. The smallest absolute Gasteiger partial charge is 0.209 e. The summed E-state index contributed by atoms with van der Waals surface area (Å²) < 4.78 is 31.0. The highest BCUT2D eigenvalue weighted by atomic mass is 19.1. The number of benzene rings is 1. The van der Waals surface area contributed by atoms with Crippen molar-refractivity contribution in [2.45, 2.75) is 6.54 Å². The molecule has 5 heteroatoms. The first-order chi connectivity index (χ1) is 8.26. The van der Waals surface area contributed by atoms with Crippen LogP contribution in [-0.4, -0.2) is 29.6 Å². The Bertz CT molecular complexity index is 534. The van der Waals surface area contributed by atoms with Crippen molar-refractivity contribution in [2.75, 3.05) is 19.8 Å². The van der Waals surface area contributed by atoms with E-state index >= 15 is 0 Å². The van der Waals surface area contributed by atoms with E-state index in [1.165, 1.54) is 6.07 Å². The number of hydrogen-bond donors (Lipinski definition) is 0. The number of para-hydroxylation sites is 1. The van der Waals surface area contributed by atoms with Crippen LogP contribution in [0.1, 0.15) is 5.89 Å². The van der Waals surface area contributed by atoms with Gasteiger partial charge in [-0.2, -0.15) is 0 Å². The maximum atomic E-state index is 13.4. The van der Waals surface area contributed by atoms with Gasteiger partial charge in [0.15, 0.2) is 11.4 Å². The van der Waals surface area contributed by atoms with E-state index in [4.69, 9.17) is 4.42 Å². The number of oxazole rings is 1. The summed E-state index contributed by atoms with van der Waals surface area (Å²) in [7, 11) is 0. The number of nitrogens with zero attached hydrogens (tertiary/aromatic N) is 2. The molecule has 0 N–H and O–H groups in total. The monoisotopic (exact) mass is 238 g/mol. The molecule has 1 aromatic heterocycles. The lowest BCUT2D eigenvalue weighted by Crippen LogP contribution is -2.46. The maximum absolute atomic E-state index is 13.4. The fourth-order valence-corrected chi connectivity index (χ4v) is 2.12. The summed E-state index contributed by atoms with van der Waals surface area (Å²) >= 11 is 0. The quantitative estimate of drug-likeness (QED) is 0.822. The molecule has 0 atom stereocenters. The van der Waals surface area contributed by atoms with Gasteiger partial charge in [0.25, 0.3) is 0 Å². The first-order valence-electron chi connectivity index (χ1n) is 5.58. The molecule has 0 aliphatic carbocycles. The zero-order valence-electron chi connectivity index (χ0n) is 9.20. The highest BCUT2D eigenvalue weighted by Crippen LogP contribution is 2.22. The largest absolute Gasteiger partial charge is 0.436 e. The second-order valence-electron chi connectivity index (χ2n) is 4.41. The molecule has 1 fully saturated rings. The van der Waals surface area contributed by atoms with Crippen LogP contribution in [0.15, 0.2) is 22.6 Å². The van der Waals surface area contributed by atoms with Gasteiger partial charge in [-0.3, -0.25) is 9.29 Å². The zero-order chi connectivity index (χ0) is 11.8. The minimum absolute atomic E-state index is 0.135. The Balaban J connectivity index is 1.76. The van der Waals surface area contributed by atoms with Crippen molar-refractivity contribution >= 4 is 11.1 Å². The Hall–Kier alpha value is -1.49. The average molecular weight is 238 g/mol. The van der Waals surface area contributed by atoms with Crippen LogP contribution in [0.4, 0.5) is 8.78 Å². The molecule has 3 rings (SSSR count). The summed E-state index contributed by atoms with van der Waals surface area (Å²) in [6, 6.07) is 4.67. The lowest BCUT2D eigenvalue weighted by Gasteiger charge is -2.36. The van der Waals surface area contributed by atoms with Gasteiger partial charge in [0, 0.05) is 19.0 Å². The number of hydrogen-bond acceptors (Lipinski definition) is 3. The van der Waals surface area contributed by atoms with Crippen molar-refractivity contribution in [1.82, 2.24) is 9.88 Å². The lowest BCUT2D eigenvalue weighted by molar-refractivity contribution is 0.0660. The van der Waals surface area contributed by atoms with E-state index in [-0.39, 0.29) is 18.2 Å². The van der Waals surface area contributed by atoms with Crippen LogP contribution in [0.25, 0.3) is 11.1 Å². The van der Waals surface area contributed by atoms with Crippen LogP contribution in [0.5, 0.6) is 0 Å². The van der Waals surface area contributed by atoms with E-state index in [9.17, 15) is 8.78 Å². The number of halogens is 2. The summed E-state index contributed by atoms with van der Waals surface area (Å²) in [5.74, 6) is 0.227. The maximum Gasteiger partial charge on any atom is 0.209 e. The van der Waals surface area contributed by atoms with Gasteiger partial charge in [-0.05, 0) is 12.1 Å². The molecule has 0 spiro atoms. The summed E-state index contributed by atoms with van der Waals surface area (Å²) in [5.41, 5.74) is 0.729. The van der Waals surface area contributed by atoms with E-state index in [2.05, 4.69) is 4.98 Å². The van der Waals surface area contributed by atoms with Crippen LogP contribution in [0, 0.1) is 11.7 Å². The van der Waals surface area contributed by atoms with E-state index < -0.39 is 5.82 Å². The van der Waals surface area contributed by atoms with Gasteiger partial charge in [0.2, 0.25) is 5.89 Å². The van der Waals surface area contributed by atoms with E-state index in [1.807, 2.05) is 4.90 Å². The predicted octanol–water partition coefficient (Wildman–Crippen LogP) is 2.37. The van der Waals surface area contributed by atoms with Crippen molar-refractivity contribution < 1.29 is 13.2 Å². The van der Waals surface area contributed by atoms with Crippen molar-refractivity contribution in [3.05, 3.63) is 29.9 Å². The Morgan fingerprint density at radius 2 is 2.24 bits per heavy atom. The molecule has 1 aliphatic heterocycles. The van der Waals surface area contributed by atoms with Gasteiger partial charge in [0.1, 0.15) is 5.52 Å². The Morgan fingerprint density at radius 3 is 2.94 bits per heavy atom. The normalized spacial score (nSPS) is 17.5. The van der Waals surface area contributed by atoms with Crippen LogP contribution >= 0.6 is 0 Å². The van der Waals surface area contributed by atoms with Crippen LogP contribution < -0.4 is 0 Å². The molecule has 3 nitrogen and oxygen atoms in total. The number of aromatic nitrogens is 1. The van der Waals surface area contributed by atoms with Gasteiger partial charge in [-0.25, -0.2) is 9.37 Å². The fourth-order valence-electron chi connectivity index (χ4n) is 2.12. The third kappa shape index (κ3) is 1.91. The topological polar surface area (TPSA) is 29.3 Å². The highest BCUT2D eigenvalue weighted by Gasteiger charge is 2.27. The third-order valence-electron chi connectivity index (χ3n) is 3.02. The first-order valence-corrected chi connectivity index (χ1v) is 5.58. The SMILES string of the molecule is FCC1CN(Cc2nc3cccc(F)c3o2)C1. The third-order valence-corrected chi connectivity index (χ3v) is 3.02. The Kier molecular flexibility index (Phi) is 2.55. The van der Waals surface area contributed by atoms with Gasteiger partial charge in [0.05, 0.1) is 13.2 Å². The number of fused-ring (bicyclic) bond motifs is 1. The van der Waals surface area contributed by atoms with E-state index in [0.717, 1.165) is 13.1 Å². The van der Waals surface area contributed by atoms with Crippen molar-refractivity contribution in [3.8, 4) is 0 Å². The lowest BCUT2D eigenvalue weighted by atomic mass is 10.0. The molecule has 0 bridgehead atoms. The summed E-state index contributed by atoms with van der Waals surface area (Å²) in [6.07, 6.45) is 0. The van der Waals surface area contributed by atoms with Crippen molar-refractivity contribution in [2.24, 2.45) is 5.92 Å². The van der Waals surface area contributed by atoms with Crippen molar-refractivity contribution in [1.29, 1.82) is 0 Å². The predicted molar refractivity (Wildman–Crippen MR) is 58.7 cm³/mol. The van der Waals surface area contributed by atoms with Crippen LogP contribution in [0.3, 0.4) is 0 Å². The summed E-state index contributed by atoms with van der Waals surface area (Å²) in [5, 5.41) is 0. The molecule has 1 saturated heterocycles. The Labute approximate surface area is 97.0 Å². The van der Waals surface area contributed by atoms with Crippen molar-refractivity contribution in [3.63, 3.8) is 0 Å². The standard InChI is InChI=1S/C12H12F2N2O/c13-4-8-5-16(6-8)7-11-15-10-3-1-2-9(14)12(10)17-11/h1-3,8H,4-7H2. The molecule has 2 aromatic rings. The summed E-state index contributed by atoms with van der Waals surface area (Å²) in [4.78, 5) is 6.24. The number of rotatable bonds is 3. The van der Waals surface area contributed by atoms with Gasteiger partial charge < -0.3 is 4.42 Å². The van der Waals surface area contributed by atoms with Crippen LogP contribution in [0.2, 0.25) is 0 Å². The average Bonchev–Trinajstić information content (AvgIpc) is 2.67. The zero-order valence-corrected chi connectivity index (χ0v) is 9.20. The molecule has 0 saturated carbocycles. The molecule has 0 unspecified atom stereocenters. The summed E-state index contributed by atoms with van der Waals surface area (Å²) in [6.45, 7) is 1.68. The fraction of sp³-hybridized carbons (Fsp3) is 0.417. The molecular weight excluding hydrogens is 226 g/mol. The van der Waals surface area contributed by atoms with Gasteiger partial charge in [-0.15, -0.1) is 0 Å². The van der Waals surface area contributed by atoms with Gasteiger partial charge >= 0.3 is 0 Å². The highest BCUT2D eigenvalue weighted by molar-refractivity contribution is 5.72. The molecule has 1 aromatic carbocycles. The first kappa shape index (κ1) is 10.7. The molecule has 17 heavy (non-hydrogen) atoms. The van der Waals surface area contributed by atoms with Gasteiger partial charge in [-0.1, -0.05) is 6.07 Å². The minimum Gasteiger partial charge on any atom is -0.436 e. The molecule has 0 radical (unpaired) electrons. The molecule has 90 valence electrons. The van der Waals surface area contributed by atoms with E-state index in [1.54, 1.807) is 12.1 Å². The molecule has 1 aliphatic rings. The van der Waals surface area contributed by atoms with E-state index in [0.29, 0.717) is 18.0 Å². The molecular formula is C12H12F2N2O. The minimum atomic E-state index is -0.397. The second kappa shape index (κ2) is 4.07. The molecule has 0 amide bonds. The number of likely N-dealkylation sites (tertiary alicyclic amines) is 1. The number of alkyl halides is 1. The second-order valence-corrected chi connectivity index (χ2v) is 4.41.